The van der Waals surface area contributed by atoms with E-state index in [9.17, 15) is 22.7 Å². The zero-order valence-corrected chi connectivity index (χ0v) is 18.4. The molecule has 0 amide bonds. The molecule has 4 rings (SSSR count). The number of anilines is 1. The summed E-state index contributed by atoms with van der Waals surface area (Å²) in [5.41, 5.74) is 3.28. The van der Waals surface area contributed by atoms with Crippen LogP contribution in [-0.4, -0.2) is 60.9 Å². The summed E-state index contributed by atoms with van der Waals surface area (Å²) in [6.07, 6.45) is -0.204. The number of nitrogens with zero attached hydrogens (tertiary/aromatic N) is 5. The van der Waals surface area contributed by atoms with Gasteiger partial charge in [-0.05, 0) is 63.1 Å². The van der Waals surface area contributed by atoms with E-state index in [2.05, 4.69) is 20.9 Å². The third-order valence-corrected chi connectivity index (χ3v) is 5.80. The Morgan fingerprint density at radius 3 is 2.66 bits per heavy atom. The first kappa shape index (κ1) is 18.1. The number of aliphatic hydroxyl groups is 1. The highest BCUT2D eigenvalue weighted by molar-refractivity contribution is 5.86. The molecule has 0 aromatic carbocycles. The minimum absolute atomic E-state index is 0.105. The maximum atomic E-state index is 14.8. The second-order valence-corrected chi connectivity index (χ2v) is 8.38. The Morgan fingerprint density at radius 2 is 1.97 bits per heavy atom. The number of likely N-dealkylation sites (tertiary alicyclic amines) is 1. The number of nitrogens with two attached hydrogens (primary N) is 1. The van der Waals surface area contributed by atoms with E-state index in [1.165, 1.54) is 16.8 Å². The summed E-state index contributed by atoms with van der Waals surface area (Å²) < 4.78 is 99.1. The van der Waals surface area contributed by atoms with Crippen molar-refractivity contribution in [2.24, 2.45) is 0 Å². The summed E-state index contributed by atoms with van der Waals surface area (Å²) >= 11 is 0. The van der Waals surface area contributed by atoms with Gasteiger partial charge in [0.05, 0.1) is 18.1 Å². The molecule has 0 radical (unpaired) electrons. The van der Waals surface area contributed by atoms with Crippen molar-refractivity contribution in [3.05, 3.63) is 41.7 Å². The second kappa shape index (κ2) is 9.43. The molecule has 3 N–H and O–H groups in total. The Morgan fingerprint density at radius 1 is 1.23 bits per heavy atom. The third kappa shape index (κ3) is 6.07. The van der Waals surface area contributed by atoms with E-state index < -0.39 is 37.7 Å². The van der Waals surface area contributed by atoms with Crippen molar-refractivity contribution >= 4 is 16.9 Å². The number of aromatic nitrogens is 4. The van der Waals surface area contributed by atoms with Crippen molar-refractivity contribution in [3.63, 3.8) is 0 Å². The summed E-state index contributed by atoms with van der Waals surface area (Å²) in [7, 11) is 0. The van der Waals surface area contributed by atoms with Crippen LogP contribution < -0.4 is 5.73 Å². The fourth-order valence-corrected chi connectivity index (χ4v) is 4.16. The predicted molar refractivity (Wildman–Crippen MR) is 123 cm³/mol. The molecule has 1 aliphatic heterocycles. The van der Waals surface area contributed by atoms with E-state index in [0.717, 1.165) is 11.8 Å². The van der Waals surface area contributed by atoms with Crippen molar-refractivity contribution in [2.75, 3.05) is 25.4 Å². The van der Waals surface area contributed by atoms with Gasteiger partial charge in [-0.3, -0.25) is 4.57 Å². The van der Waals surface area contributed by atoms with Gasteiger partial charge < -0.3 is 15.7 Å². The lowest BCUT2D eigenvalue weighted by Gasteiger charge is -2.32. The largest absolute Gasteiger partial charge is 0.390 e. The Balaban J connectivity index is 1.76. The third-order valence-electron chi connectivity index (χ3n) is 5.80. The van der Waals surface area contributed by atoms with Crippen LogP contribution in [0.5, 0.6) is 0 Å². The van der Waals surface area contributed by atoms with Gasteiger partial charge in [-0.25, -0.2) is 14.4 Å². The number of hydrogen-bond acceptors (Lipinski definition) is 6. The van der Waals surface area contributed by atoms with Crippen molar-refractivity contribution in [2.45, 2.75) is 50.7 Å². The van der Waals surface area contributed by atoms with Gasteiger partial charge in [0.1, 0.15) is 11.3 Å². The molecule has 4 heterocycles. The van der Waals surface area contributed by atoms with Crippen LogP contribution in [0, 0.1) is 17.7 Å². The van der Waals surface area contributed by atoms with E-state index in [0.29, 0.717) is 36.8 Å². The lowest BCUT2D eigenvalue weighted by Crippen LogP contribution is -2.35. The maximum absolute atomic E-state index is 14.8. The molecule has 0 aliphatic carbocycles. The summed E-state index contributed by atoms with van der Waals surface area (Å²) in [5.74, 6) is 2.92. The smallest absolute Gasteiger partial charge is 0.378 e. The molecule has 3 aromatic rings. The number of nitrogen functional groups attached to an aromatic ring is 1. The number of alkyl halides is 3. The fraction of sp³-hybridized carbons (Fsp3) is 0.458. The molecule has 1 aliphatic rings. The normalized spacial score (nSPS) is 19.1. The molecule has 35 heavy (non-hydrogen) atoms. The summed E-state index contributed by atoms with van der Waals surface area (Å²) in [5, 5.41) is 11.0. The Kier molecular flexibility index (Phi) is 4.88. The average molecular weight is 497 g/mol. The van der Waals surface area contributed by atoms with E-state index in [1.807, 2.05) is 5.92 Å². The first-order valence-electron chi connectivity index (χ1n) is 13.7. The second-order valence-electron chi connectivity index (χ2n) is 8.38. The first-order valence-corrected chi connectivity index (χ1v) is 10.7. The topological polar surface area (TPSA) is 93.1 Å². The Bertz CT molecular complexity index is 1470. The zero-order chi connectivity index (χ0) is 30.4. The molecular weight excluding hydrogens is 464 g/mol. The standard InChI is InChI=1S/C24H26F4N6O/c1-23(2,35)6-3-16-11-20-17(12-30-16)18(14-34(20)21-19(25)13-31-22(29)32-21)15-4-8-33(9-5-15)10-7-24(26,27)28/h11-15,35H,4-5,7-10H2,1-2H3,(H2,29,31,32)/i1D3,2D3. The lowest BCUT2D eigenvalue weighted by atomic mass is 9.89. The van der Waals surface area contributed by atoms with Crippen LogP contribution in [0.3, 0.4) is 0 Å². The highest BCUT2D eigenvalue weighted by atomic mass is 19.4. The van der Waals surface area contributed by atoms with Crippen LogP contribution in [0.25, 0.3) is 16.7 Å². The van der Waals surface area contributed by atoms with Crippen LogP contribution in [0.15, 0.2) is 24.7 Å². The van der Waals surface area contributed by atoms with Crippen molar-refractivity contribution in [1.82, 2.24) is 24.4 Å². The van der Waals surface area contributed by atoms with Gasteiger partial charge in [0.15, 0.2) is 11.6 Å². The van der Waals surface area contributed by atoms with Crippen LogP contribution in [0.4, 0.5) is 23.5 Å². The van der Waals surface area contributed by atoms with Gasteiger partial charge in [0.25, 0.3) is 0 Å². The number of pyridine rings is 1. The SMILES string of the molecule is [2H]C([2H])([2H])C(O)(C#Cc1cc2c(cn1)c(C1CCN(CCC(F)(F)F)CC1)cn2-c1nc(N)ncc1F)C([2H])([2H])[2H]. The molecule has 0 spiro atoms. The minimum Gasteiger partial charge on any atom is -0.378 e. The predicted octanol–water partition coefficient (Wildman–Crippen LogP) is 3.79. The molecule has 1 fully saturated rings. The first-order chi connectivity index (χ1) is 18.9. The lowest BCUT2D eigenvalue weighted by molar-refractivity contribution is -0.138. The molecule has 11 heteroatoms. The quantitative estimate of drug-likeness (QED) is 0.422. The summed E-state index contributed by atoms with van der Waals surface area (Å²) in [6.45, 7) is -5.99. The van der Waals surface area contributed by atoms with E-state index in [-0.39, 0.29) is 29.9 Å². The minimum atomic E-state index is -4.25. The van der Waals surface area contributed by atoms with Crippen molar-refractivity contribution in [1.29, 1.82) is 0 Å². The van der Waals surface area contributed by atoms with Gasteiger partial charge in [-0.2, -0.15) is 18.2 Å². The van der Waals surface area contributed by atoms with Gasteiger partial charge in [0, 0.05) is 32.5 Å². The average Bonchev–Trinajstić information content (AvgIpc) is 3.24. The molecule has 0 bridgehead atoms. The van der Waals surface area contributed by atoms with E-state index >= 15 is 0 Å². The molecule has 7 nitrogen and oxygen atoms in total. The Hall–Kier alpha value is -3.23. The number of piperidine rings is 1. The molecule has 3 aromatic heterocycles. The summed E-state index contributed by atoms with van der Waals surface area (Å²) in [4.78, 5) is 13.5. The molecule has 0 saturated carbocycles. The highest BCUT2D eigenvalue weighted by Gasteiger charge is 2.30. The molecule has 186 valence electrons. The van der Waals surface area contributed by atoms with Gasteiger partial charge in [-0.1, -0.05) is 5.92 Å². The van der Waals surface area contributed by atoms with E-state index in [4.69, 9.17) is 14.0 Å². The monoisotopic (exact) mass is 496 g/mol. The van der Waals surface area contributed by atoms with Gasteiger partial charge in [0.2, 0.25) is 5.95 Å². The number of fused-ring (bicyclic) bond motifs is 1. The zero-order valence-electron chi connectivity index (χ0n) is 24.4. The van der Waals surface area contributed by atoms with Crippen LogP contribution in [-0.2, 0) is 0 Å². The molecule has 1 saturated heterocycles. The Labute approximate surface area is 208 Å². The maximum Gasteiger partial charge on any atom is 0.390 e. The van der Waals surface area contributed by atoms with Crippen molar-refractivity contribution in [3.8, 4) is 17.7 Å². The number of hydrogen-bond donors (Lipinski definition) is 2. The molecular formula is C24H26F4N6O. The summed E-state index contributed by atoms with van der Waals surface area (Å²) in [6, 6.07) is 1.36. The van der Waals surface area contributed by atoms with Crippen molar-refractivity contribution < 1.29 is 30.9 Å². The van der Waals surface area contributed by atoms with Crippen LogP contribution >= 0.6 is 0 Å². The molecule has 0 unspecified atom stereocenters. The highest BCUT2D eigenvalue weighted by Crippen LogP contribution is 2.36. The van der Waals surface area contributed by atoms with Gasteiger partial charge >= 0.3 is 6.18 Å². The van der Waals surface area contributed by atoms with Gasteiger partial charge in [-0.15, -0.1) is 0 Å². The van der Waals surface area contributed by atoms with E-state index in [1.54, 1.807) is 11.1 Å². The fourth-order valence-electron chi connectivity index (χ4n) is 4.16. The number of halogens is 4. The molecule has 0 atom stereocenters. The van der Waals surface area contributed by atoms with Crippen LogP contribution in [0.2, 0.25) is 0 Å². The van der Waals surface area contributed by atoms with Crippen LogP contribution in [0.1, 0.15) is 58.4 Å². The number of rotatable bonds is 4.